The molecule has 1 atom stereocenters. The van der Waals surface area contributed by atoms with E-state index in [0.717, 1.165) is 31.9 Å². The van der Waals surface area contributed by atoms with Crippen LogP contribution in [0.5, 0.6) is 0 Å². The van der Waals surface area contributed by atoms with E-state index in [4.69, 9.17) is 4.74 Å². The number of amides is 3. The molecule has 150 valence electrons. The second kappa shape index (κ2) is 10.3. The summed E-state index contributed by atoms with van der Waals surface area (Å²) >= 11 is 0. The molecule has 1 fully saturated rings. The van der Waals surface area contributed by atoms with E-state index in [9.17, 15) is 9.59 Å². The highest BCUT2D eigenvalue weighted by molar-refractivity contribution is 5.96. The zero-order valence-corrected chi connectivity index (χ0v) is 16.8. The molecule has 1 saturated heterocycles. The van der Waals surface area contributed by atoms with Gasteiger partial charge in [-0.3, -0.25) is 9.69 Å². The maximum absolute atomic E-state index is 12.4. The van der Waals surface area contributed by atoms with E-state index in [1.54, 1.807) is 18.2 Å². The van der Waals surface area contributed by atoms with Gasteiger partial charge in [0.2, 0.25) is 0 Å². The fourth-order valence-corrected chi connectivity index (χ4v) is 3.27. The lowest BCUT2D eigenvalue weighted by Crippen LogP contribution is -2.51. The number of benzene rings is 1. The summed E-state index contributed by atoms with van der Waals surface area (Å²) < 4.78 is 5.42. The van der Waals surface area contributed by atoms with Crippen LogP contribution in [-0.4, -0.2) is 62.3 Å². The summed E-state index contributed by atoms with van der Waals surface area (Å²) in [5, 5.41) is 8.64. The number of anilines is 1. The molecule has 7 heteroatoms. The molecule has 0 spiro atoms. The Morgan fingerprint density at radius 1 is 1.19 bits per heavy atom. The molecule has 0 radical (unpaired) electrons. The normalized spacial score (nSPS) is 16.0. The Hall–Kier alpha value is -2.12. The average Bonchev–Trinajstić information content (AvgIpc) is 2.64. The first kappa shape index (κ1) is 21.2. The van der Waals surface area contributed by atoms with Crippen LogP contribution in [-0.2, 0) is 4.74 Å². The highest BCUT2D eigenvalue weighted by atomic mass is 16.5. The molecule has 27 heavy (non-hydrogen) atoms. The number of ether oxygens (including phenoxy) is 1. The number of aryl methyl sites for hydroxylation is 1. The fourth-order valence-electron chi connectivity index (χ4n) is 3.27. The van der Waals surface area contributed by atoms with Gasteiger partial charge in [-0.15, -0.1) is 0 Å². The zero-order valence-electron chi connectivity index (χ0n) is 16.8. The van der Waals surface area contributed by atoms with Crippen molar-refractivity contribution in [3.63, 3.8) is 0 Å². The van der Waals surface area contributed by atoms with E-state index < -0.39 is 0 Å². The number of nitrogens with one attached hydrogen (secondary N) is 3. The van der Waals surface area contributed by atoms with Gasteiger partial charge in [-0.2, -0.15) is 0 Å². The Bertz CT molecular complexity index is 642. The summed E-state index contributed by atoms with van der Waals surface area (Å²) in [4.78, 5) is 26.6. The SMILES string of the molecule is CCNC(=O)c1ccc(NC(=O)NCC(C(C)C)N2CCOCC2)c(C)c1. The average molecular weight is 377 g/mol. The standard InChI is InChI=1S/C20H32N4O3/c1-5-21-19(25)16-6-7-17(15(4)12-16)23-20(26)22-13-18(14(2)3)24-8-10-27-11-9-24/h6-7,12,14,18H,5,8-11,13H2,1-4H3,(H,21,25)(H2,22,23,26). The van der Waals surface area contributed by atoms with Crippen LogP contribution in [0.2, 0.25) is 0 Å². The second-order valence-corrected chi connectivity index (χ2v) is 7.18. The first-order chi connectivity index (χ1) is 12.9. The summed E-state index contributed by atoms with van der Waals surface area (Å²) in [6.07, 6.45) is 0. The summed E-state index contributed by atoms with van der Waals surface area (Å²) in [6.45, 7) is 12.5. The molecule has 1 aromatic carbocycles. The third-order valence-corrected chi connectivity index (χ3v) is 4.83. The number of rotatable bonds is 7. The van der Waals surface area contributed by atoms with Gasteiger partial charge in [0.05, 0.1) is 13.2 Å². The lowest BCUT2D eigenvalue weighted by molar-refractivity contribution is 0.00728. The molecule has 1 aliphatic rings. The third kappa shape index (κ3) is 6.22. The number of urea groups is 1. The van der Waals surface area contributed by atoms with Gasteiger partial charge in [-0.1, -0.05) is 13.8 Å². The molecule has 0 aliphatic carbocycles. The van der Waals surface area contributed by atoms with Crippen LogP contribution < -0.4 is 16.0 Å². The first-order valence-corrected chi connectivity index (χ1v) is 9.67. The second-order valence-electron chi connectivity index (χ2n) is 7.18. The summed E-state index contributed by atoms with van der Waals surface area (Å²) in [5.41, 5.74) is 2.14. The summed E-state index contributed by atoms with van der Waals surface area (Å²) in [5.74, 6) is 0.323. The summed E-state index contributed by atoms with van der Waals surface area (Å²) in [6, 6.07) is 5.31. The maximum Gasteiger partial charge on any atom is 0.319 e. The quantitative estimate of drug-likeness (QED) is 0.681. The van der Waals surface area contributed by atoms with Gasteiger partial charge in [0.15, 0.2) is 0 Å². The van der Waals surface area contributed by atoms with Crippen molar-refractivity contribution in [2.45, 2.75) is 33.7 Å². The van der Waals surface area contributed by atoms with Gasteiger partial charge in [-0.25, -0.2) is 4.79 Å². The van der Waals surface area contributed by atoms with Crippen molar-refractivity contribution in [1.82, 2.24) is 15.5 Å². The van der Waals surface area contributed by atoms with Crippen molar-refractivity contribution < 1.29 is 14.3 Å². The fraction of sp³-hybridized carbons (Fsp3) is 0.600. The Morgan fingerprint density at radius 2 is 1.89 bits per heavy atom. The Labute approximate surface area is 161 Å². The van der Waals surface area contributed by atoms with Crippen LogP contribution in [0.1, 0.15) is 36.7 Å². The van der Waals surface area contributed by atoms with Crippen LogP contribution in [0, 0.1) is 12.8 Å². The van der Waals surface area contributed by atoms with E-state index in [1.807, 2.05) is 13.8 Å². The molecule has 2 rings (SSSR count). The van der Waals surface area contributed by atoms with E-state index >= 15 is 0 Å². The van der Waals surface area contributed by atoms with E-state index in [0.29, 0.717) is 30.3 Å². The molecule has 7 nitrogen and oxygen atoms in total. The van der Waals surface area contributed by atoms with Gasteiger partial charge < -0.3 is 20.7 Å². The largest absolute Gasteiger partial charge is 0.379 e. The molecular weight excluding hydrogens is 344 g/mol. The molecular formula is C20H32N4O3. The number of carbonyl (C=O) groups is 2. The zero-order chi connectivity index (χ0) is 19.8. The van der Waals surface area contributed by atoms with Crippen LogP contribution >= 0.6 is 0 Å². The van der Waals surface area contributed by atoms with Crippen molar-refractivity contribution in [2.75, 3.05) is 44.7 Å². The highest BCUT2D eigenvalue weighted by Crippen LogP contribution is 2.17. The molecule has 1 aliphatic heterocycles. The summed E-state index contributed by atoms with van der Waals surface area (Å²) in [7, 11) is 0. The van der Waals surface area contributed by atoms with Gasteiger partial charge >= 0.3 is 6.03 Å². The highest BCUT2D eigenvalue weighted by Gasteiger charge is 2.24. The van der Waals surface area contributed by atoms with Crippen molar-refractivity contribution in [3.8, 4) is 0 Å². The minimum atomic E-state index is -0.234. The topological polar surface area (TPSA) is 82.7 Å². The number of hydrogen-bond acceptors (Lipinski definition) is 4. The minimum Gasteiger partial charge on any atom is -0.379 e. The van der Waals surface area contributed by atoms with Crippen LogP contribution in [0.4, 0.5) is 10.5 Å². The molecule has 0 aromatic heterocycles. The predicted octanol–water partition coefficient (Wildman–Crippen LogP) is 2.22. The third-order valence-electron chi connectivity index (χ3n) is 4.83. The molecule has 3 amide bonds. The smallest absolute Gasteiger partial charge is 0.319 e. The Balaban J connectivity index is 1.91. The maximum atomic E-state index is 12.4. The number of carbonyl (C=O) groups excluding carboxylic acids is 2. The predicted molar refractivity (Wildman–Crippen MR) is 107 cm³/mol. The van der Waals surface area contributed by atoms with Gasteiger partial charge in [0.25, 0.3) is 5.91 Å². The van der Waals surface area contributed by atoms with Crippen LogP contribution in [0.15, 0.2) is 18.2 Å². The van der Waals surface area contributed by atoms with Crippen LogP contribution in [0.3, 0.4) is 0 Å². The minimum absolute atomic E-state index is 0.109. The monoisotopic (exact) mass is 376 g/mol. The molecule has 1 aromatic rings. The van der Waals surface area contributed by atoms with Crippen molar-refractivity contribution in [1.29, 1.82) is 0 Å². The number of morpholine rings is 1. The van der Waals surface area contributed by atoms with Crippen LogP contribution in [0.25, 0.3) is 0 Å². The lowest BCUT2D eigenvalue weighted by atomic mass is 10.0. The van der Waals surface area contributed by atoms with Gasteiger partial charge in [0, 0.05) is 43.5 Å². The molecule has 1 heterocycles. The van der Waals surface area contributed by atoms with E-state index in [1.165, 1.54) is 0 Å². The number of nitrogens with zero attached hydrogens (tertiary/aromatic N) is 1. The number of hydrogen-bond donors (Lipinski definition) is 3. The molecule has 0 bridgehead atoms. The van der Waals surface area contributed by atoms with Gasteiger partial charge in [0.1, 0.15) is 0 Å². The van der Waals surface area contributed by atoms with E-state index in [-0.39, 0.29) is 18.0 Å². The lowest BCUT2D eigenvalue weighted by Gasteiger charge is -2.36. The molecule has 1 unspecified atom stereocenters. The van der Waals surface area contributed by atoms with E-state index in [2.05, 4.69) is 34.7 Å². The van der Waals surface area contributed by atoms with Gasteiger partial charge in [-0.05, 0) is 43.5 Å². The first-order valence-electron chi connectivity index (χ1n) is 9.67. The Kier molecular flexibility index (Phi) is 8.06. The molecule has 3 N–H and O–H groups in total. The molecule has 0 saturated carbocycles. The van der Waals surface area contributed by atoms with Crippen molar-refractivity contribution >= 4 is 17.6 Å². The Morgan fingerprint density at radius 3 is 2.48 bits per heavy atom. The van der Waals surface area contributed by atoms with Crippen molar-refractivity contribution in [2.24, 2.45) is 5.92 Å². The van der Waals surface area contributed by atoms with Crippen molar-refractivity contribution in [3.05, 3.63) is 29.3 Å².